The number of anilines is 3. The molecule has 3 rings (SSSR count). The largest absolute Gasteiger partial charge is 0.397 e. The summed E-state index contributed by atoms with van der Waals surface area (Å²) in [4.78, 5) is 4.56. The lowest BCUT2D eigenvalue weighted by Crippen LogP contribution is -2.46. The van der Waals surface area contributed by atoms with Crippen molar-refractivity contribution in [2.24, 2.45) is 0 Å². The highest BCUT2D eigenvalue weighted by atomic mass is 79.9. The summed E-state index contributed by atoms with van der Waals surface area (Å²) in [6.45, 7) is 3.60. The Kier molecular flexibility index (Phi) is 4.01. The van der Waals surface area contributed by atoms with Crippen LogP contribution in [-0.2, 0) is 0 Å². The van der Waals surface area contributed by atoms with Crippen molar-refractivity contribution in [2.75, 3.05) is 41.7 Å². The molecule has 2 aromatic carbocycles. The molecule has 1 aliphatic heterocycles. The number of halogens is 2. The quantitative estimate of drug-likeness (QED) is 0.842. The normalized spacial score (nSPS) is 15.3. The molecule has 3 nitrogen and oxygen atoms in total. The minimum Gasteiger partial charge on any atom is -0.397 e. The molecule has 0 aliphatic carbocycles. The van der Waals surface area contributed by atoms with Crippen LogP contribution in [-0.4, -0.2) is 26.2 Å². The van der Waals surface area contributed by atoms with Crippen molar-refractivity contribution in [1.29, 1.82) is 0 Å². The lowest BCUT2D eigenvalue weighted by Gasteiger charge is -2.37. The topological polar surface area (TPSA) is 32.5 Å². The maximum absolute atomic E-state index is 13.0. The third kappa shape index (κ3) is 3.13. The van der Waals surface area contributed by atoms with Crippen LogP contribution in [0.15, 0.2) is 46.9 Å². The van der Waals surface area contributed by atoms with Crippen LogP contribution in [0.25, 0.3) is 0 Å². The van der Waals surface area contributed by atoms with E-state index >= 15 is 0 Å². The highest BCUT2D eigenvalue weighted by Crippen LogP contribution is 2.28. The predicted molar refractivity (Wildman–Crippen MR) is 89.4 cm³/mol. The molecule has 0 amide bonds. The number of hydrogen-bond donors (Lipinski definition) is 1. The number of rotatable bonds is 2. The third-order valence-corrected chi connectivity index (χ3v) is 4.30. The average Bonchev–Trinajstić information content (AvgIpc) is 2.51. The van der Waals surface area contributed by atoms with Gasteiger partial charge in [-0.1, -0.05) is 15.9 Å². The monoisotopic (exact) mass is 349 g/mol. The summed E-state index contributed by atoms with van der Waals surface area (Å²) < 4.78 is 14.0. The molecule has 0 atom stereocenters. The summed E-state index contributed by atoms with van der Waals surface area (Å²) >= 11 is 3.49. The molecule has 21 heavy (non-hydrogen) atoms. The van der Waals surface area contributed by atoms with Gasteiger partial charge in [0.25, 0.3) is 0 Å². The number of nitrogens with two attached hydrogens (primary N) is 1. The summed E-state index contributed by atoms with van der Waals surface area (Å²) in [5.74, 6) is -0.195. The van der Waals surface area contributed by atoms with Crippen LogP contribution in [0, 0.1) is 5.82 Å². The molecule has 110 valence electrons. The predicted octanol–water partition coefficient (Wildman–Crippen LogP) is 3.50. The molecule has 5 heteroatoms. The fraction of sp³-hybridized carbons (Fsp3) is 0.250. The van der Waals surface area contributed by atoms with Crippen LogP contribution < -0.4 is 15.5 Å². The molecule has 0 spiro atoms. The van der Waals surface area contributed by atoms with Gasteiger partial charge < -0.3 is 15.5 Å². The van der Waals surface area contributed by atoms with E-state index in [-0.39, 0.29) is 5.82 Å². The number of nitrogen functional groups attached to an aromatic ring is 1. The zero-order valence-corrected chi connectivity index (χ0v) is 13.2. The highest BCUT2D eigenvalue weighted by Gasteiger charge is 2.19. The second kappa shape index (κ2) is 5.93. The molecular weight excluding hydrogens is 333 g/mol. The first-order valence-electron chi connectivity index (χ1n) is 6.94. The zero-order chi connectivity index (χ0) is 14.8. The standard InChI is InChI=1S/C16H17BrFN3/c17-12-1-6-15(19)16(11-12)21-9-7-20(8-10-21)14-4-2-13(18)3-5-14/h1-6,11H,7-10,19H2. The van der Waals surface area contributed by atoms with E-state index in [2.05, 4.69) is 31.8 Å². The molecule has 2 N–H and O–H groups in total. The molecule has 1 heterocycles. The van der Waals surface area contributed by atoms with E-state index in [1.165, 1.54) is 12.1 Å². The number of hydrogen-bond acceptors (Lipinski definition) is 3. The Hall–Kier alpha value is -1.75. The molecule has 0 bridgehead atoms. The number of benzene rings is 2. The second-order valence-electron chi connectivity index (χ2n) is 5.15. The molecule has 1 fully saturated rings. The Balaban J connectivity index is 1.70. The smallest absolute Gasteiger partial charge is 0.123 e. The molecule has 0 unspecified atom stereocenters. The van der Waals surface area contributed by atoms with Crippen molar-refractivity contribution in [2.45, 2.75) is 0 Å². The summed E-state index contributed by atoms with van der Waals surface area (Å²) in [5.41, 5.74) is 9.00. The van der Waals surface area contributed by atoms with Crippen molar-refractivity contribution in [3.05, 3.63) is 52.8 Å². The van der Waals surface area contributed by atoms with E-state index in [4.69, 9.17) is 5.73 Å². The van der Waals surface area contributed by atoms with Crippen molar-refractivity contribution in [3.63, 3.8) is 0 Å². The SMILES string of the molecule is Nc1ccc(Br)cc1N1CCN(c2ccc(F)cc2)CC1. The van der Waals surface area contributed by atoms with Gasteiger partial charge in [-0.15, -0.1) is 0 Å². The van der Waals surface area contributed by atoms with E-state index < -0.39 is 0 Å². The highest BCUT2D eigenvalue weighted by molar-refractivity contribution is 9.10. The number of piperazine rings is 1. The van der Waals surface area contributed by atoms with Crippen LogP contribution in [0.4, 0.5) is 21.5 Å². The van der Waals surface area contributed by atoms with Crippen molar-refractivity contribution >= 4 is 33.0 Å². The van der Waals surface area contributed by atoms with Gasteiger partial charge in [0.05, 0.1) is 11.4 Å². The van der Waals surface area contributed by atoms with Gasteiger partial charge in [0.2, 0.25) is 0 Å². The molecule has 0 radical (unpaired) electrons. The van der Waals surface area contributed by atoms with Crippen molar-refractivity contribution < 1.29 is 4.39 Å². The summed E-state index contributed by atoms with van der Waals surface area (Å²) in [6.07, 6.45) is 0. The van der Waals surface area contributed by atoms with Gasteiger partial charge in [0.1, 0.15) is 5.82 Å². The maximum Gasteiger partial charge on any atom is 0.123 e. The first-order chi connectivity index (χ1) is 10.1. The maximum atomic E-state index is 13.0. The molecule has 1 saturated heterocycles. The molecule has 0 saturated carbocycles. The van der Waals surface area contributed by atoms with E-state index in [1.54, 1.807) is 0 Å². The van der Waals surface area contributed by atoms with Gasteiger partial charge in [0, 0.05) is 36.3 Å². The molecule has 1 aliphatic rings. The van der Waals surface area contributed by atoms with Crippen LogP contribution in [0.1, 0.15) is 0 Å². The zero-order valence-electron chi connectivity index (χ0n) is 11.6. The van der Waals surface area contributed by atoms with Crippen LogP contribution in [0.5, 0.6) is 0 Å². The minimum absolute atomic E-state index is 0.195. The van der Waals surface area contributed by atoms with Crippen molar-refractivity contribution in [3.8, 4) is 0 Å². The van der Waals surface area contributed by atoms with Gasteiger partial charge in [0.15, 0.2) is 0 Å². The third-order valence-electron chi connectivity index (χ3n) is 3.80. The molecular formula is C16H17BrFN3. The van der Waals surface area contributed by atoms with E-state index in [0.29, 0.717) is 0 Å². The van der Waals surface area contributed by atoms with E-state index in [0.717, 1.165) is 47.7 Å². The average molecular weight is 350 g/mol. The summed E-state index contributed by atoms with van der Waals surface area (Å²) in [5, 5.41) is 0. The van der Waals surface area contributed by atoms with E-state index in [1.807, 2.05) is 24.3 Å². The minimum atomic E-state index is -0.195. The Labute approximate surface area is 132 Å². The second-order valence-corrected chi connectivity index (χ2v) is 6.07. The Morgan fingerprint density at radius 1 is 0.905 bits per heavy atom. The van der Waals surface area contributed by atoms with Crippen LogP contribution >= 0.6 is 15.9 Å². The summed E-state index contributed by atoms with van der Waals surface area (Å²) in [6, 6.07) is 12.6. The van der Waals surface area contributed by atoms with Crippen molar-refractivity contribution in [1.82, 2.24) is 0 Å². The lowest BCUT2D eigenvalue weighted by atomic mass is 10.2. The van der Waals surface area contributed by atoms with Crippen LogP contribution in [0.3, 0.4) is 0 Å². The number of nitrogens with zero attached hydrogens (tertiary/aromatic N) is 2. The Morgan fingerprint density at radius 3 is 2.19 bits per heavy atom. The van der Waals surface area contributed by atoms with Gasteiger partial charge in [-0.25, -0.2) is 4.39 Å². The fourth-order valence-corrected chi connectivity index (χ4v) is 3.00. The molecule has 0 aromatic heterocycles. The van der Waals surface area contributed by atoms with Gasteiger partial charge in [-0.05, 0) is 42.5 Å². The van der Waals surface area contributed by atoms with Crippen LogP contribution in [0.2, 0.25) is 0 Å². The van der Waals surface area contributed by atoms with Gasteiger partial charge in [-0.3, -0.25) is 0 Å². The van der Waals surface area contributed by atoms with Gasteiger partial charge >= 0.3 is 0 Å². The van der Waals surface area contributed by atoms with Gasteiger partial charge in [-0.2, -0.15) is 0 Å². The Bertz CT molecular complexity index is 622. The first kappa shape index (κ1) is 14.2. The molecule has 2 aromatic rings. The Morgan fingerprint density at radius 2 is 1.52 bits per heavy atom. The summed E-state index contributed by atoms with van der Waals surface area (Å²) in [7, 11) is 0. The van der Waals surface area contributed by atoms with E-state index in [9.17, 15) is 4.39 Å². The first-order valence-corrected chi connectivity index (χ1v) is 7.73. The lowest BCUT2D eigenvalue weighted by molar-refractivity contribution is 0.625. The fourth-order valence-electron chi connectivity index (χ4n) is 2.65.